The van der Waals surface area contributed by atoms with Crippen LogP contribution >= 0.6 is 0 Å². The Morgan fingerprint density at radius 2 is 2.00 bits per heavy atom. The van der Waals surface area contributed by atoms with Crippen molar-refractivity contribution < 1.29 is 13.9 Å². The lowest BCUT2D eigenvalue weighted by atomic mass is 9.97. The van der Waals surface area contributed by atoms with Crippen LogP contribution in [0.3, 0.4) is 0 Å². The van der Waals surface area contributed by atoms with Crippen molar-refractivity contribution >= 4 is 28.1 Å². The first-order valence-corrected chi connectivity index (χ1v) is 9.10. The first-order valence-electron chi connectivity index (χ1n) is 9.10. The lowest BCUT2D eigenvalue weighted by Crippen LogP contribution is -2.60. The summed E-state index contributed by atoms with van der Waals surface area (Å²) in [4.78, 5) is 10.4. The molecular formula is C19H21F2N7O. The summed E-state index contributed by atoms with van der Waals surface area (Å²) >= 11 is 0. The molecule has 0 aromatic carbocycles. The van der Waals surface area contributed by atoms with Crippen LogP contribution < -0.4 is 16.0 Å². The summed E-state index contributed by atoms with van der Waals surface area (Å²) in [5, 5.41) is 23.1. The molecule has 1 aliphatic rings. The Bertz CT molecular complexity index is 1070. The fourth-order valence-electron chi connectivity index (χ4n) is 3.41. The molecule has 4 heterocycles. The van der Waals surface area contributed by atoms with Crippen molar-refractivity contribution in [2.24, 2.45) is 0 Å². The molecule has 0 atom stereocenters. The van der Waals surface area contributed by atoms with Crippen molar-refractivity contribution in [2.75, 3.05) is 29.0 Å². The molecule has 29 heavy (non-hydrogen) atoms. The van der Waals surface area contributed by atoms with E-state index in [1.54, 1.807) is 13.1 Å². The third kappa shape index (κ3) is 3.88. The number of nitrogens with zero attached hydrogens (tertiary/aromatic N) is 5. The molecule has 1 fully saturated rings. The van der Waals surface area contributed by atoms with Gasteiger partial charge in [-0.2, -0.15) is 5.10 Å². The molecule has 0 unspecified atom stereocenters. The normalized spacial score (nSPS) is 15.6. The van der Waals surface area contributed by atoms with Gasteiger partial charge in [0, 0.05) is 35.7 Å². The topological polar surface area (TPSA) is 113 Å². The molecular weight excluding hydrogens is 380 g/mol. The lowest BCUT2D eigenvalue weighted by Gasteiger charge is -2.45. The largest absolute Gasteiger partial charge is 0.399 e. The van der Waals surface area contributed by atoms with Crippen LogP contribution in [0.2, 0.25) is 0 Å². The molecule has 0 amide bonds. The minimum atomic E-state index is -2.69. The fraction of sp³-hybridized carbons (Fsp3) is 0.368. The smallest absolute Gasteiger partial charge is 0.280 e. The minimum absolute atomic E-state index is 0.160. The van der Waals surface area contributed by atoms with E-state index in [1.807, 2.05) is 17.9 Å². The van der Waals surface area contributed by atoms with Gasteiger partial charge in [-0.1, -0.05) is 0 Å². The predicted octanol–water partition coefficient (Wildman–Crippen LogP) is 2.43. The summed E-state index contributed by atoms with van der Waals surface area (Å²) in [5.41, 5.74) is 5.96. The number of β-amino-alcohol motifs (C(OH)–C–C–N with tert-alkyl or cyclic N) is 1. The Morgan fingerprint density at radius 1 is 1.24 bits per heavy atom. The van der Waals surface area contributed by atoms with Crippen LogP contribution in [-0.2, 0) is 6.54 Å². The van der Waals surface area contributed by atoms with Crippen LogP contribution in [-0.4, -0.2) is 44.0 Å². The fourth-order valence-corrected chi connectivity index (χ4v) is 3.41. The second-order valence-electron chi connectivity index (χ2n) is 7.55. The van der Waals surface area contributed by atoms with E-state index in [9.17, 15) is 13.9 Å². The highest BCUT2D eigenvalue weighted by Crippen LogP contribution is 2.31. The Labute approximate surface area is 165 Å². The van der Waals surface area contributed by atoms with Gasteiger partial charge in [0.25, 0.3) is 6.43 Å². The number of pyridine rings is 2. The number of rotatable bonds is 5. The molecule has 4 rings (SSSR count). The van der Waals surface area contributed by atoms with Gasteiger partial charge < -0.3 is 21.1 Å². The second-order valence-corrected chi connectivity index (χ2v) is 7.55. The summed E-state index contributed by atoms with van der Waals surface area (Å²) in [6.45, 7) is 4.76. The van der Waals surface area contributed by atoms with Crippen LogP contribution in [0, 0.1) is 6.92 Å². The maximum absolute atomic E-state index is 13.0. The number of aryl methyl sites for hydroxylation is 1. The number of fused-ring (bicyclic) bond motifs is 1. The predicted molar refractivity (Wildman–Crippen MR) is 106 cm³/mol. The molecule has 10 heteroatoms. The first kappa shape index (κ1) is 19.2. The quantitative estimate of drug-likeness (QED) is 0.597. The molecule has 3 aromatic rings. The monoisotopic (exact) mass is 401 g/mol. The zero-order chi connectivity index (χ0) is 20.8. The molecule has 8 nitrogen and oxygen atoms in total. The molecule has 3 aromatic heterocycles. The second kappa shape index (κ2) is 7.03. The minimum Gasteiger partial charge on any atom is -0.399 e. The zero-order valence-corrected chi connectivity index (χ0v) is 16.0. The standard InChI is InChI=1S/C19H21F2N7O/c1-10-14-7-23-16(28-8-19(2,29)9-28)5-13(14)18(27-26-10)24-6-12-3-11(22)4-15(25-12)17(20)21/h3-5,7,17,29H,6,8-9H2,1-2H3,(H2,22,25)(H,24,27). The van der Waals surface area contributed by atoms with E-state index in [1.165, 1.54) is 6.07 Å². The summed E-state index contributed by atoms with van der Waals surface area (Å²) in [6, 6.07) is 4.58. The van der Waals surface area contributed by atoms with E-state index in [0.717, 1.165) is 28.4 Å². The van der Waals surface area contributed by atoms with Crippen molar-refractivity contribution in [3.8, 4) is 0 Å². The molecule has 0 spiro atoms. The van der Waals surface area contributed by atoms with Crippen molar-refractivity contribution in [1.82, 2.24) is 20.2 Å². The van der Waals surface area contributed by atoms with Gasteiger partial charge in [-0.25, -0.2) is 18.7 Å². The van der Waals surface area contributed by atoms with E-state index in [0.29, 0.717) is 24.6 Å². The van der Waals surface area contributed by atoms with Crippen molar-refractivity contribution in [3.63, 3.8) is 0 Å². The highest BCUT2D eigenvalue weighted by Gasteiger charge is 2.37. The molecule has 1 saturated heterocycles. The summed E-state index contributed by atoms with van der Waals surface area (Å²) < 4.78 is 25.9. The number of nitrogen functional groups attached to an aromatic ring is 1. The Hall–Kier alpha value is -3.14. The number of aliphatic hydroxyl groups is 1. The number of halogens is 2. The summed E-state index contributed by atoms with van der Waals surface area (Å²) in [7, 11) is 0. The highest BCUT2D eigenvalue weighted by molar-refractivity contribution is 5.94. The highest BCUT2D eigenvalue weighted by atomic mass is 19.3. The number of hydrogen-bond acceptors (Lipinski definition) is 8. The first-order chi connectivity index (χ1) is 13.7. The number of anilines is 3. The van der Waals surface area contributed by atoms with Crippen LogP contribution in [0.1, 0.15) is 30.4 Å². The van der Waals surface area contributed by atoms with Gasteiger partial charge in [0.05, 0.1) is 23.5 Å². The number of nitrogens with two attached hydrogens (primary N) is 1. The van der Waals surface area contributed by atoms with Crippen molar-refractivity contribution in [2.45, 2.75) is 32.4 Å². The summed E-state index contributed by atoms with van der Waals surface area (Å²) in [6.07, 6.45) is -0.972. The molecule has 4 N–H and O–H groups in total. The van der Waals surface area contributed by atoms with Crippen molar-refractivity contribution in [1.29, 1.82) is 0 Å². The Morgan fingerprint density at radius 3 is 2.69 bits per heavy atom. The maximum atomic E-state index is 13.0. The van der Waals surface area contributed by atoms with Crippen LogP contribution in [0.4, 0.5) is 26.1 Å². The van der Waals surface area contributed by atoms with Gasteiger partial charge in [-0.3, -0.25) is 0 Å². The molecule has 0 bridgehead atoms. The third-order valence-corrected chi connectivity index (χ3v) is 4.80. The van der Waals surface area contributed by atoms with Crippen LogP contribution in [0.25, 0.3) is 10.8 Å². The molecule has 0 radical (unpaired) electrons. The van der Waals surface area contributed by atoms with E-state index in [2.05, 4.69) is 25.5 Å². The molecule has 1 aliphatic heterocycles. The average Bonchev–Trinajstić information content (AvgIpc) is 2.65. The van der Waals surface area contributed by atoms with Gasteiger partial charge >= 0.3 is 0 Å². The van der Waals surface area contributed by atoms with E-state index in [-0.39, 0.29) is 17.9 Å². The Balaban J connectivity index is 1.62. The zero-order valence-electron chi connectivity index (χ0n) is 16.0. The van der Waals surface area contributed by atoms with Crippen LogP contribution in [0.5, 0.6) is 0 Å². The number of alkyl halides is 2. The number of hydrogen-bond donors (Lipinski definition) is 3. The summed E-state index contributed by atoms with van der Waals surface area (Å²) in [5.74, 6) is 1.21. The van der Waals surface area contributed by atoms with Gasteiger partial charge in [0.2, 0.25) is 0 Å². The van der Waals surface area contributed by atoms with E-state index >= 15 is 0 Å². The lowest BCUT2D eigenvalue weighted by molar-refractivity contribution is 0.0305. The van der Waals surface area contributed by atoms with Gasteiger partial charge in [0.1, 0.15) is 11.5 Å². The van der Waals surface area contributed by atoms with Gasteiger partial charge in [-0.05, 0) is 32.0 Å². The van der Waals surface area contributed by atoms with E-state index in [4.69, 9.17) is 5.73 Å². The Kier molecular flexibility index (Phi) is 4.65. The van der Waals surface area contributed by atoms with Gasteiger partial charge in [0.15, 0.2) is 5.82 Å². The van der Waals surface area contributed by atoms with Gasteiger partial charge in [-0.15, -0.1) is 5.10 Å². The molecule has 152 valence electrons. The SMILES string of the molecule is Cc1nnc(NCc2cc(N)cc(C(F)F)n2)c2cc(N3CC(C)(O)C3)ncc12. The number of nitrogens with one attached hydrogen (secondary N) is 1. The van der Waals surface area contributed by atoms with E-state index < -0.39 is 12.0 Å². The number of aromatic nitrogens is 4. The molecule has 0 aliphatic carbocycles. The van der Waals surface area contributed by atoms with Crippen LogP contribution in [0.15, 0.2) is 24.4 Å². The third-order valence-electron chi connectivity index (χ3n) is 4.80. The average molecular weight is 401 g/mol. The maximum Gasteiger partial charge on any atom is 0.280 e. The molecule has 0 saturated carbocycles. The van der Waals surface area contributed by atoms with Crippen molar-refractivity contribution in [3.05, 3.63) is 41.5 Å².